The molecule has 1 heterocycles. The van der Waals surface area contributed by atoms with E-state index in [0.717, 1.165) is 6.07 Å². The molecule has 0 unspecified atom stereocenters. The summed E-state index contributed by atoms with van der Waals surface area (Å²) in [4.78, 5) is 9.12. The Balaban J connectivity index is 3.09. The maximum atomic E-state index is 11.9. The molecule has 0 fully saturated rings. The predicted octanol–water partition coefficient (Wildman–Crippen LogP) is 0.769. The molecule has 0 bridgehead atoms. The third-order valence-electron chi connectivity index (χ3n) is 1.12. The monoisotopic (exact) mass is 178 g/mol. The van der Waals surface area contributed by atoms with Gasteiger partial charge in [0.1, 0.15) is 0 Å². The van der Waals surface area contributed by atoms with Crippen molar-refractivity contribution >= 4 is 11.6 Å². The van der Waals surface area contributed by atoms with Crippen LogP contribution in [0.4, 0.5) is 20.4 Å². The van der Waals surface area contributed by atoms with Crippen molar-refractivity contribution in [1.29, 1.82) is 0 Å². The topological polar surface area (TPSA) is 87.0 Å². The van der Waals surface area contributed by atoms with Crippen LogP contribution in [0.2, 0.25) is 0 Å². The molecule has 0 atom stereocenters. The Morgan fingerprint density at radius 1 is 1.75 bits per heavy atom. The van der Waals surface area contributed by atoms with E-state index >= 15 is 0 Å². The highest BCUT2D eigenvalue weighted by Crippen LogP contribution is 2.19. The van der Waals surface area contributed by atoms with Crippen molar-refractivity contribution < 1.29 is 13.7 Å². The van der Waals surface area contributed by atoms with Crippen LogP contribution < -0.4 is 5.73 Å². The minimum absolute atomic E-state index is 0.0815. The first-order valence-electron chi connectivity index (χ1n) is 2.80. The van der Waals surface area contributed by atoms with Crippen LogP contribution in [-0.2, 0) is 0 Å². The van der Waals surface area contributed by atoms with Crippen LogP contribution in [0.1, 0.15) is 6.55 Å². The quantitative estimate of drug-likeness (QED) is 0.535. The Morgan fingerprint density at radius 2 is 2.33 bits per heavy atom. The summed E-state index contributed by atoms with van der Waals surface area (Å²) in [6, 6.07) is 0.770. The van der Waals surface area contributed by atoms with Crippen molar-refractivity contribution in [3.8, 4) is 0 Å². The van der Waals surface area contributed by atoms with Crippen molar-refractivity contribution in [2.24, 2.45) is 0 Å². The number of hydrogen-bond donors (Lipinski definition) is 1. The van der Waals surface area contributed by atoms with Gasteiger partial charge in [-0.15, -0.1) is 0 Å². The van der Waals surface area contributed by atoms with Gasteiger partial charge >= 0.3 is 12.4 Å². The summed E-state index contributed by atoms with van der Waals surface area (Å²) < 4.78 is 23.9. The largest absolute Gasteiger partial charge is 0.392 e. The van der Waals surface area contributed by atoms with Gasteiger partial charge in [0.15, 0.2) is 5.82 Å². The fraction of sp³-hybridized carbons (Fsp3) is 0.250. The number of hydrogen-bond acceptors (Lipinski definition) is 4. The summed E-state index contributed by atoms with van der Waals surface area (Å²) in [7, 11) is 0. The number of nitrogens with zero attached hydrogens (tertiary/aromatic N) is 3. The Hall–Kier alpha value is -1.73. The van der Waals surface area contributed by atoms with Crippen molar-refractivity contribution in [2.45, 2.75) is 6.55 Å². The van der Waals surface area contributed by atoms with E-state index in [9.17, 15) is 18.9 Å². The highest BCUT2D eigenvalue weighted by atomic mass is 19.3. The Bertz CT molecular complexity index is 310. The van der Waals surface area contributed by atoms with Crippen LogP contribution in [0.25, 0.3) is 0 Å². The van der Waals surface area contributed by atoms with Gasteiger partial charge in [-0.3, -0.25) is 0 Å². The first-order chi connectivity index (χ1) is 5.52. The number of rotatable bonds is 2. The van der Waals surface area contributed by atoms with Gasteiger partial charge in [-0.2, -0.15) is 8.78 Å². The number of nitrogens with two attached hydrogens (primary N) is 1. The third-order valence-corrected chi connectivity index (χ3v) is 1.12. The first kappa shape index (κ1) is 8.37. The Morgan fingerprint density at radius 3 is 2.58 bits per heavy atom. The number of nitro groups is 1. The minimum Gasteiger partial charge on any atom is -0.382 e. The molecule has 0 aliphatic rings. The first-order valence-corrected chi connectivity index (χ1v) is 2.80. The van der Waals surface area contributed by atoms with E-state index in [1.54, 1.807) is 0 Å². The van der Waals surface area contributed by atoms with Crippen LogP contribution in [0.5, 0.6) is 0 Å². The summed E-state index contributed by atoms with van der Waals surface area (Å²) in [5.41, 5.74) is 5.00. The molecule has 8 heteroatoms. The van der Waals surface area contributed by atoms with Crippen molar-refractivity contribution in [2.75, 3.05) is 5.73 Å². The molecule has 0 amide bonds. The second kappa shape index (κ2) is 2.72. The summed E-state index contributed by atoms with van der Waals surface area (Å²) in [6.45, 7) is -2.96. The zero-order chi connectivity index (χ0) is 9.30. The predicted molar refractivity (Wildman–Crippen MR) is 34.5 cm³/mol. The molecular formula is C4H4F2N4O2. The molecular weight excluding hydrogens is 174 g/mol. The number of halogens is 2. The standard InChI is InChI=1S/C4H4F2N4O2/c5-4(6)9-2(7)1-3(8-9)10(11)12/h1,4H,7H2. The van der Waals surface area contributed by atoms with Crippen LogP contribution in [0, 0.1) is 10.1 Å². The molecule has 1 aromatic rings. The lowest BCUT2D eigenvalue weighted by Crippen LogP contribution is -2.04. The molecule has 0 saturated heterocycles. The van der Waals surface area contributed by atoms with Gasteiger partial charge in [-0.25, -0.2) is 0 Å². The molecule has 66 valence electrons. The number of aromatic nitrogens is 2. The Kier molecular flexibility index (Phi) is 1.90. The second-order valence-electron chi connectivity index (χ2n) is 1.91. The van der Waals surface area contributed by atoms with Gasteiger partial charge in [-0.1, -0.05) is 4.68 Å². The molecule has 0 aromatic carbocycles. The SMILES string of the molecule is Nc1cc([N+](=O)[O-])nn1C(F)F. The van der Waals surface area contributed by atoms with Crippen LogP contribution in [0.3, 0.4) is 0 Å². The van der Waals surface area contributed by atoms with Gasteiger partial charge in [-0.05, 0) is 4.92 Å². The van der Waals surface area contributed by atoms with Gasteiger partial charge in [0.25, 0.3) is 0 Å². The van der Waals surface area contributed by atoms with Crippen molar-refractivity contribution in [3.63, 3.8) is 0 Å². The van der Waals surface area contributed by atoms with E-state index in [-0.39, 0.29) is 4.68 Å². The van der Waals surface area contributed by atoms with E-state index in [4.69, 9.17) is 5.73 Å². The summed E-state index contributed by atoms with van der Waals surface area (Å²) in [5, 5.41) is 13.0. The fourth-order valence-corrected chi connectivity index (χ4v) is 0.641. The summed E-state index contributed by atoms with van der Waals surface area (Å²) in [6.07, 6.45) is 0. The average Bonchev–Trinajstić information content (AvgIpc) is 2.30. The maximum absolute atomic E-state index is 11.9. The van der Waals surface area contributed by atoms with E-state index in [0.29, 0.717) is 0 Å². The van der Waals surface area contributed by atoms with Gasteiger partial charge in [0.2, 0.25) is 0 Å². The lowest BCUT2D eigenvalue weighted by atomic mass is 10.6. The van der Waals surface area contributed by atoms with Crippen LogP contribution in [-0.4, -0.2) is 14.7 Å². The molecule has 0 spiro atoms. The molecule has 0 aliphatic carbocycles. The average molecular weight is 178 g/mol. The van der Waals surface area contributed by atoms with E-state index < -0.39 is 23.1 Å². The molecule has 6 nitrogen and oxygen atoms in total. The highest BCUT2D eigenvalue weighted by Gasteiger charge is 2.21. The molecule has 0 saturated carbocycles. The summed E-state index contributed by atoms with van der Waals surface area (Å²) >= 11 is 0. The van der Waals surface area contributed by atoms with Crippen LogP contribution in [0.15, 0.2) is 6.07 Å². The lowest BCUT2D eigenvalue weighted by molar-refractivity contribution is -0.390. The lowest BCUT2D eigenvalue weighted by Gasteiger charge is -1.93. The normalized spacial score (nSPS) is 10.6. The van der Waals surface area contributed by atoms with E-state index in [1.165, 1.54) is 0 Å². The zero-order valence-electron chi connectivity index (χ0n) is 5.65. The maximum Gasteiger partial charge on any atom is 0.392 e. The molecule has 0 radical (unpaired) electrons. The second-order valence-corrected chi connectivity index (χ2v) is 1.91. The smallest absolute Gasteiger partial charge is 0.382 e. The highest BCUT2D eigenvalue weighted by molar-refractivity contribution is 5.37. The Labute approximate surface area is 64.7 Å². The fourth-order valence-electron chi connectivity index (χ4n) is 0.641. The van der Waals surface area contributed by atoms with Crippen molar-refractivity contribution in [3.05, 3.63) is 16.2 Å². The molecule has 12 heavy (non-hydrogen) atoms. The zero-order valence-corrected chi connectivity index (χ0v) is 5.65. The number of nitrogen functional groups attached to an aromatic ring is 1. The van der Waals surface area contributed by atoms with Gasteiger partial charge in [0.05, 0.1) is 11.2 Å². The van der Waals surface area contributed by atoms with Gasteiger partial charge in [0, 0.05) is 0 Å². The number of anilines is 1. The van der Waals surface area contributed by atoms with E-state index in [1.807, 2.05) is 0 Å². The molecule has 1 aromatic heterocycles. The minimum atomic E-state index is -2.96. The molecule has 1 rings (SSSR count). The third kappa shape index (κ3) is 1.31. The van der Waals surface area contributed by atoms with Crippen molar-refractivity contribution in [1.82, 2.24) is 9.78 Å². The van der Waals surface area contributed by atoms with Crippen LogP contribution >= 0.6 is 0 Å². The molecule has 2 N–H and O–H groups in total. The molecule has 0 aliphatic heterocycles. The van der Waals surface area contributed by atoms with Gasteiger partial charge < -0.3 is 15.8 Å². The summed E-state index contributed by atoms with van der Waals surface area (Å²) in [5.74, 6) is -1.12. The van der Waals surface area contributed by atoms with E-state index in [2.05, 4.69) is 5.10 Å². The number of alkyl halides is 2.